The second-order valence-corrected chi connectivity index (χ2v) is 8.54. The first-order chi connectivity index (χ1) is 14.9. The molecule has 0 saturated heterocycles. The van der Waals surface area contributed by atoms with Gasteiger partial charge in [-0.2, -0.15) is 0 Å². The molecule has 2 rings (SSSR count). The van der Waals surface area contributed by atoms with Crippen LogP contribution in [0.1, 0.15) is 80.3 Å². The van der Waals surface area contributed by atoms with E-state index in [-0.39, 0.29) is 11.7 Å². The highest BCUT2D eigenvalue weighted by atomic mass is 16.4. The third kappa shape index (κ3) is 7.95. The second kappa shape index (κ2) is 13.1. The number of ketones is 1. The number of hydrogen-bond donors (Lipinski definition) is 2. The number of hydrogen-bond acceptors (Lipinski definition) is 3. The Balaban J connectivity index is 1.88. The number of benzene rings is 2. The van der Waals surface area contributed by atoms with E-state index in [9.17, 15) is 19.8 Å². The Morgan fingerprint density at radius 3 is 2.06 bits per heavy atom. The topological polar surface area (TPSA) is 74.6 Å². The number of aliphatic hydroxyl groups excluding tert-OH is 1. The van der Waals surface area contributed by atoms with Crippen LogP contribution in [-0.4, -0.2) is 28.1 Å². The fourth-order valence-corrected chi connectivity index (χ4v) is 4.11. The predicted molar refractivity (Wildman–Crippen MR) is 124 cm³/mol. The van der Waals surface area contributed by atoms with Gasteiger partial charge in [0.15, 0.2) is 5.78 Å². The van der Waals surface area contributed by atoms with Gasteiger partial charge in [0.25, 0.3) is 0 Å². The predicted octanol–water partition coefficient (Wildman–Crippen LogP) is 5.91. The molecule has 0 aliphatic carbocycles. The van der Waals surface area contributed by atoms with Gasteiger partial charge in [0.05, 0.1) is 12.0 Å². The fraction of sp³-hybridized carbons (Fsp3) is 0.481. The molecule has 0 radical (unpaired) electrons. The van der Waals surface area contributed by atoms with Gasteiger partial charge in [-0.15, -0.1) is 0 Å². The van der Waals surface area contributed by atoms with Crippen molar-refractivity contribution in [3.8, 4) is 0 Å². The van der Waals surface area contributed by atoms with Gasteiger partial charge in [0, 0.05) is 11.1 Å². The number of rotatable bonds is 14. The lowest BCUT2D eigenvalue weighted by atomic mass is 9.83. The van der Waals surface area contributed by atoms with E-state index in [1.807, 2.05) is 37.3 Å². The maximum absolute atomic E-state index is 12.5. The van der Waals surface area contributed by atoms with Gasteiger partial charge in [-0.3, -0.25) is 9.59 Å². The van der Waals surface area contributed by atoms with Crippen molar-refractivity contribution in [2.75, 3.05) is 0 Å². The summed E-state index contributed by atoms with van der Waals surface area (Å²) < 4.78 is 0. The van der Waals surface area contributed by atoms with Gasteiger partial charge < -0.3 is 10.2 Å². The van der Waals surface area contributed by atoms with Crippen molar-refractivity contribution in [3.05, 3.63) is 71.3 Å². The third-order valence-corrected chi connectivity index (χ3v) is 6.06. The smallest absolute Gasteiger partial charge is 0.309 e. The minimum atomic E-state index is -0.919. The Hall–Kier alpha value is -2.46. The van der Waals surface area contributed by atoms with Gasteiger partial charge in [0.2, 0.25) is 0 Å². The fourth-order valence-electron chi connectivity index (χ4n) is 4.11. The van der Waals surface area contributed by atoms with Crippen LogP contribution >= 0.6 is 0 Å². The Labute approximate surface area is 186 Å². The van der Waals surface area contributed by atoms with Crippen LogP contribution in [0.15, 0.2) is 54.6 Å². The van der Waals surface area contributed by atoms with Crippen molar-refractivity contribution in [1.82, 2.24) is 0 Å². The highest BCUT2D eigenvalue weighted by Gasteiger charge is 2.31. The first kappa shape index (κ1) is 24.8. The minimum Gasteiger partial charge on any atom is -0.481 e. The molecule has 0 aliphatic heterocycles. The van der Waals surface area contributed by atoms with Crippen LogP contribution in [0, 0.1) is 11.8 Å². The lowest BCUT2D eigenvalue weighted by Gasteiger charge is -2.25. The van der Waals surface area contributed by atoms with Crippen molar-refractivity contribution < 1.29 is 19.8 Å². The Morgan fingerprint density at radius 2 is 1.45 bits per heavy atom. The van der Waals surface area contributed by atoms with E-state index in [0.717, 1.165) is 24.8 Å². The van der Waals surface area contributed by atoms with E-state index in [1.165, 1.54) is 19.3 Å². The lowest BCUT2D eigenvalue weighted by molar-refractivity contribution is -0.148. The summed E-state index contributed by atoms with van der Waals surface area (Å²) in [4.78, 5) is 24.3. The first-order valence-corrected chi connectivity index (χ1v) is 11.5. The molecule has 3 atom stereocenters. The van der Waals surface area contributed by atoms with E-state index < -0.39 is 18.0 Å². The molecule has 168 valence electrons. The average molecular weight is 425 g/mol. The molecule has 0 fully saturated rings. The molecule has 2 aromatic rings. The van der Waals surface area contributed by atoms with Gasteiger partial charge in [0.1, 0.15) is 0 Å². The minimum absolute atomic E-state index is 0.0223. The van der Waals surface area contributed by atoms with E-state index in [2.05, 4.69) is 6.92 Å². The second-order valence-electron chi connectivity index (χ2n) is 8.54. The van der Waals surface area contributed by atoms with E-state index in [1.54, 1.807) is 24.3 Å². The number of carboxylic acid groups (broad SMARTS) is 1. The van der Waals surface area contributed by atoms with Gasteiger partial charge >= 0.3 is 5.97 Å². The molecular formula is C27H36O4. The molecule has 4 heteroatoms. The van der Waals surface area contributed by atoms with Crippen molar-refractivity contribution in [3.63, 3.8) is 0 Å². The number of aliphatic carboxylic acids is 1. The molecule has 2 N–H and O–H groups in total. The normalized spacial score (nSPS) is 14.0. The molecule has 0 heterocycles. The number of unbranched alkanes of at least 4 members (excludes halogenated alkanes) is 4. The van der Waals surface area contributed by atoms with E-state index in [0.29, 0.717) is 24.0 Å². The Morgan fingerprint density at radius 1 is 0.839 bits per heavy atom. The molecule has 0 aromatic heterocycles. The van der Waals surface area contributed by atoms with Crippen LogP contribution in [0.2, 0.25) is 0 Å². The molecule has 0 aliphatic rings. The molecule has 31 heavy (non-hydrogen) atoms. The zero-order chi connectivity index (χ0) is 22.6. The van der Waals surface area contributed by atoms with Crippen molar-refractivity contribution >= 4 is 11.8 Å². The molecule has 0 spiro atoms. The largest absolute Gasteiger partial charge is 0.481 e. The summed E-state index contributed by atoms with van der Waals surface area (Å²) in [6.07, 6.45) is 6.64. The van der Waals surface area contributed by atoms with Crippen molar-refractivity contribution in [2.45, 2.75) is 71.3 Å². The number of carboxylic acids is 1. The number of carbonyl (C=O) groups is 2. The van der Waals surface area contributed by atoms with E-state index in [4.69, 9.17) is 0 Å². The Kier molecular flexibility index (Phi) is 10.5. The monoisotopic (exact) mass is 424 g/mol. The SMILES string of the molecule is CCCCCCCC(C)C(C(=O)O)C(O)CCc1ccc(C(=O)c2ccccc2)cc1. The zero-order valence-corrected chi connectivity index (χ0v) is 18.8. The quantitative estimate of drug-likeness (QED) is 0.292. The van der Waals surface area contributed by atoms with E-state index >= 15 is 0 Å². The first-order valence-electron chi connectivity index (χ1n) is 11.5. The molecular weight excluding hydrogens is 388 g/mol. The van der Waals surface area contributed by atoms with Crippen LogP contribution in [0.5, 0.6) is 0 Å². The summed E-state index contributed by atoms with van der Waals surface area (Å²) in [6.45, 7) is 4.11. The molecule has 0 bridgehead atoms. The molecule has 3 unspecified atom stereocenters. The Bertz CT molecular complexity index is 798. The molecule has 4 nitrogen and oxygen atoms in total. The standard InChI is InChI=1S/C27H36O4/c1-3-4-5-6-8-11-20(2)25(27(30)31)24(28)19-16-21-14-17-23(18-15-21)26(29)22-12-9-7-10-13-22/h7,9-10,12-15,17-18,20,24-25,28H,3-6,8,11,16,19H2,1-2H3,(H,30,31). The summed E-state index contributed by atoms with van der Waals surface area (Å²) in [5, 5.41) is 20.3. The van der Waals surface area contributed by atoms with Crippen LogP contribution in [0.4, 0.5) is 0 Å². The molecule has 0 saturated carbocycles. The summed E-state index contributed by atoms with van der Waals surface area (Å²) in [6, 6.07) is 16.5. The summed E-state index contributed by atoms with van der Waals surface area (Å²) in [5.41, 5.74) is 2.26. The summed E-state index contributed by atoms with van der Waals surface area (Å²) in [7, 11) is 0. The lowest BCUT2D eigenvalue weighted by Crippen LogP contribution is -2.34. The van der Waals surface area contributed by atoms with Crippen molar-refractivity contribution in [1.29, 1.82) is 0 Å². The maximum Gasteiger partial charge on any atom is 0.309 e. The zero-order valence-electron chi connectivity index (χ0n) is 18.8. The van der Waals surface area contributed by atoms with Crippen molar-refractivity contribution in [2.24, 2.45) is 11.8 Å². The van der Waals surface area contributed by atoms with Crippen LogP contribution in [0.25, 0.3) is 0 Å². The number of aliphatic hydroxyl groups is 1. The summed E-state index contributed by atoms with van der Waals surface area (Å²) in [5.74, 6) is -1.74. The van der Waals surface area contributed by atoms with Gasteiger partial charge in [-0.05, 0) is 30.7 Å². The maximum atomic E-state index is 12.5. The molecule has 0 amide bonds. The van der Waals surface area contributed by atoms with Crippen LogP contribution in [-0.2, 0) is 11.2 Å². The highest BCUT2D eigenvalue weighted by molar-refractivity contribution is 6.08. The van der Waals surface area contributed by atoms with Gasteiger partial charge in [-0.25, -0.2) is 0 Å². The van der Waals surface area contributed by atoms with Gasteiger partial charge in [-0.1, -0.05) is 101 Å². The summed E-state index contributed by atoms with van der Waals surface area (Å²) >= 11 is 0. The number of aryl methyl sites for hydroxylation is 1. The molecule has 2 aromatic carbocycles. The van der Waals surface area contributed by atoms with Crippen LogP contribution < -0.4 is 0 Å². The third-order valence-electron chi connectivity index (χ3n) is 6.06. The average Bonchev–Trinajstić information content (AvgIpc) is 2.78. The highest BCUT2D eigenvalue weighted by Crippen LogP contribution is 2.25. The van der Waals surface area contributed by atoms with Crippen LogP contribution in [0.3, 0.4) is 0 Å². The number of carbonyl (C=O) groups excluding carboxylic acids is 1.